The molecule has 0 bridgehead atoms. The van der Waals surface area contributed by atoms with Gasteiger partial charge in [-0.2, -0.15) is 0 Å². The average molecular weight is 263 g/mol. The molecule has 0 aromatic carbocycles. The summed E-state index contributed by atoms with van der Waals surface area (Å²) in [5.41, 5.74) is 0. The highest BCUT2D eigenvalue weighted by atomic mass is 35.5. The van der Waals surface area contributed by atoms with Crippen molar-refractivity contribution in [1.29, 1.82) is 0 Å². The van der Waals surface area contributed by atoms with E-state index < -0.39 is 0 Å². The molecule has 2 amide bonds. The first-order chi connectivity index (χ1) is 7.66. The van der Waals surface area contributed by atoms with Crippen LogP contribution in [0, 0.1) is 0 Å². The fourth-order valence-corrected chi connectivity index (χ4v) is 2.20. The fraction of sp³-hybridized carbons (Fsp3) is 0.909. The number of carbonyl (C=O) groups is 1. The van der Waals surface area contributed by atoms with Gasteiger partial charge in [-0.25, -0.2) is 4.79 Å². The van der Waals surface area contributed by atoms with Crippen molar-refractivity contribution in [3.05, 3.63) is 0 Å². The maximum Gasteiger partial charge on any atom is 0.320 e. The van der Waals surface area contributed by atoms with Gasteiger partial charge in [-0.3, -0.25) is 0 Å². The summed E-state index contributed by atoms with van der Waals surface area (Å²) in [5, 5.41) is 0. The SMILES string of the molecule is CN1CCN(C(=O)N2CCN(C)CC2)CC1.Cl. The summed E-state index contributed by atoms with van der Waals surface area (Å²) in [4.78, 5) is 20.7. The molecular weight excluding hydrogens is 240 g/mol. The molecule has 100 valence electrons. The molecule has 0 saturated carbocycles. The van der Waals surface area contributed by atoms with Crippen LogP contribution in [0.1, 0.15) is 0 Å². The zero-order chi connectivity index (χ0) is 11.5. The number of carbonyl (C=O) groups excluding carboxylic acids is 1. The Morgan fingerprint density at radius 2 is 1.00 bits per heavy atom. The Morgan fingerprint density at radius 3 is 1.29 bits per heavy atom. The minimum atomic E-state index is 0. The van der Waals surface area contributed by atoms with Crippen LogP contribution in [-0.4, -0.2) is 92.1 Å². The summed E-state index contributed by atoms with van der Waals surface area (Å²) in [6.07, 6.45) is 0. The fourth-order valence-electron chi connectivity index (χ4n) is 2.20. The van der Waals surface area contributed by atoms with Crippen LogP contribution in [0.2, 0.25) is 0 Å². The molecule has 17 heavy (non-hydrogen) atoms. The summed E-state index contributed by atoms with van der Waals surface area (Å²) in [5.74, 6) is 0. The number of rotatable bonds is 0. The Hall–Kier alpha value is -0.520. The largest absolute Gasteiger partial charge is 0.322 e. The molecule has 0 atom stereocenters. The first-order valence-electron chi connectivity index (χ1n) is 6.08. The van der Waals surface area contributed by atoms with Gasteiger partial charge in [0.05, 0.1) is 0 Å². The Labute approximate surface area is 110 Å². The van der Waals surface area contributed by atoms with Crippen LogP contribution in [0.4, 0.5) is 4.79 Å². The summed E-state index contributed by atoms with van der Waals surface area (Å²) in [6, 6.07) is 0.237. The predicted molar refractivity (Wildman–Crippen MR) is 70.8 cm³/mol. The number of piperazine rings is 2. The first-order valence-corrected chi connectivity index (χ1v) is 6.08. The van der Waals surface area contributed by atoms with Gasteiger partial charge >= 0.3 is 6.03 Å². The lowest BCUT2D eigenvalue weighted by Crippen LogP contribution is -2.55. The van der Waals surface area contributed by atoms with E-state index in [4.69, 9.17) is 0 Å². The van der Waals surface area contributed by atoms with Crippen LogP contribution in [0.15, 0.2) is 0 Å². The molecule has 2 aliphatic rings. The van der Waals surface area contributed by atoms with Crippen molar-refractivity contribution in [3.63, 3.8) is 0 Å². The van der Waals surface area contributed by atoms with Crippen LogP contribution in [0.3, 0.4) is 0 Å². The van der Waals surface area contributed by atoms with E-state index in [9.17, 15) is 4.79 Å². The lowest BCUT2D eigenvalue weighted by molar-refractivity contribution is 0.102. The zero-order valence-electron chi connectivity index (χ0n) is 10.8. The third-order valence-corrected chi connectivity index (χ3v) is 3.55. The van der Waals surface area contributed by atoms with E-state index in [1.165, 1.54) is 0 Å². The number of halogens is 1. The van der Waals surface area contributed by atoms with E-state index in [0.717, 1.165) is 52.4 Å². The average Bonchev–Trinajstić information content (AvgIpc) is 2.30. The second-order valence-corrected chi connectivity index (χ2v) is 4.86. The van der Waals surface area contributed by atoms with Gasteiger partial charge in [0.2, 0.25) is 0 Å². The van der Waals surface area contributed by atoms with Gasteiger partial charge < -0.3 is 19.6 Å². The van der Waals surface area contributed by atoms with Crippen LogP contribution >= 0.6 is 12.4 Å². The van der Waals surface area contributed by atoms with Gasteiger partial charge in [-0.15, -0.1) is 12.4 Å². The smallest absolute Gasteiger partial charge is 0.320 e. The zero-order valence-corrected chi connectivity index (χ0v) is 11.6. The molecule has 5 nitrogen and oxygen atoms in total. The van der Waals surface area contributed by atoms with Crippen molar-refractivity contribution in [3.8, 4) is 0 Å². The molecule has 0 spiro atoms. The maximum atomic E-state index is 12.2. The molecule has 2 aliphatic heterocycles. The highest BCUT2D eigenvalue weighted by molar-refractivity contribution is 5.85. The summed E-state index contributed by atoms with van der Waals surface area (Å²) >= 11 is 0. The molecule has 0 aromatic rings. The summed E-state index contributed by atoms with van der Waals surface area (Å²) in [7, 11) is 4.22. The van der Waals surface area contributed by atoms with E-state index in [-0.39, 0.29) is 18.4 Å². The number of amides is 2. The quantitative estimate of drug-likeness (QED) is 0.617. The molecule has 0 aliphatic carbocycles. The maximum absolute atomic E-state index is 12.2. The highest BCUT2D eigenvalue weighted by Gasteiger charge is 2.25. The highest BCUT2D eigenvalue weighted by Crippen LogP contribution is 2.07. The van der Waals surface area contributed by atoms with E-state index in [2.05, 4.69) is 23.9 Å². The normalized spacial score (nSPS) is 23.4. The topological polar surface area (TPSA) is 30.0 Å². The molecule has 0 N–H and O–H groups in total. The molecule has 0 radical (unpaired) electrons. The predicted octanol–water partition coefficient (Wildman–Crippen LogP) is 0.0230. The lowest BCUT2D eigenvalue weighted by atomic mass is 10.3. The molecule has 2 fully saturated rings. The molecule has 2 saturated heterocycles. The monoisotopic (exact) mass is 262 g/mol. The molecular formula is C11H23ClN4O. The van der Waals surface area contributed by atoms with Gasteiger partial charge in [0.15, 0.2) is 0 Å². The van der Waals surface area contributed by atoms with E-state index in [1.54, 1.807) is 0 Å². The van der Waals surface area contributed by atoms with Crippen LogP contribution in [-0.2, 0) is 0 Å². The van der Waals surface area contributed by atoms with Gasteiger partial charge in [-0.1, -0.05) is 0 Å². The van der Waals surface area contributed by atoms with Crippen LogP contribution in [0.5, 0.6) is 0 Å². The Kier molecular flexibility index (Phi) is 5.49. The molecule has 2 rings (SSSR count). The van der Waals surface area contributed by atoms with Gasteiger partial charge in [0.25, 0.3) is 0 Å². The summed E-state index contributed by atoms with van der Waals surface area (Å²) < 4.78 is 0. The van der Waals surface area contributed by atoms with Gasteiger partial charge in [0.1, 0.15) is 0 Å². The van der Waals surface area contributed by atoms with E-state index >= 15 is 0 Å². The molecule has 2 heterocycles. The molecule has 6 heteroatoms. The van der Waals surface area contributed by atoms with Crippen molar-refractivity contribution in [2.24, 2.45) is 0 Å². The number of urea groups is 1. The van der Waals surface area contributed by atoms with E-state index in [1.807, 2.05) is 9.80 Å². The standard InChI is InChI=1S/C11H22N4O.ClH/c1-12-3-7-14(8-4-12)11(16)15-9-5-13(2)6-10-15;/h3-10H2,1-2H3;1H. The van der Waals surface area contributed by atoms with Crippen molar-refractivity contribution >= 4 is 18.4 Å². The van der Waals surface area contributed by atoms with Crippen molar-refractivity contribution < 1.29 is 4.79 Å². The molecule has 0 unspecified atom stereocenters. The van der Waals surface area contributed by atoms with Gasteiger partial charge in [0, 0.05) is 52.4 Å². The van der Waals surface area contributed by atoms with Crippen molar-refractivity contribution in [2.75, 3.05) is 66.5 Å². The van der Waals surface area contributed by atoms with Crippen molar-refractivity contribution in [1.82, 2.24) is 19.6 Å². The van der Waals surface area contributed by atoms with E-state index in [0.29, 0.717) is 0 Å². The minimum Gasteiger partial charge on any atom is -0.322 e. The lowest BCUT2D eigenvalue weighted by Gasteiger charge is -2.39. The minimum absolute atomic E-state index is 0. The Balaban J connectivity index is 0.00000144. The Bertz CT molecular complexity index is 224. The second-order valence-electron chi connectivity index (χ2n) is 4.86. The third kappa shape index (κ3) is 3.72. The molecule has 0 aromatic heterocycles. The van der Waals surface area contributed by atoms with Crippen LogP contribution in [0.25, 0.3) is 0 Å². The second kappa shape index (κ2) is 6.42. The number of nitrogens with zero attached hydrogens (tertiary/aromatic N) is 4. The number of likely N-dealkylation sites (N-methyl/N-ethyl adjacent to an activating group) is 2. The Morgan fingerprint density at radius 1 is 0.706 bits per heavy atom. The third-order valence-electron chi connectivity index (χ3n) is 3.55. The van der Waals surface area contributed by atoms with Gasteiger partial charge in [-0.05, 0) is 14.1 Å². The number of hydrogen-bond donors (Lipinski definition) is 0. The first kappa shape index (κ1) is 14.5. The number of hydrogen-bond acceptors (Lipinski definition) is 3. The van der Waals surface area contributed by atoms with Crippen LogP contribution < -0.4 is 0 Å². The summed E-state index contributed by atoms with van der Waals surface area (Å²) in [6.45, 7) is 7.50. The van der Waals surface area contributed by atoms with Crippen molar-refractivity contribution in [2.45, 2.75) is 0 Å².